The lowest BCUT2D eigenvalue weighted by Crippen LogP contribution is -2.56. The summed E-state index contributed by atoms with van der Waals surface area (Å²) in [6, 6.07) is 4.58. The van der Waals surface area contributed by atoms with E-state index in [0.29, 0.717) is 31.4 Å². The topological polar surface area (TPSA) is 80.8 Å². The van der Waals surface area contributed by atoms with E-state index in [4.69, 9.17) is 4.74 Å². The third-order valence-electron chi connectivity index (χ3n) is 8.25. The van der Waals surface area contributed by atoms with E-state index >= 15 is 4.39 Å². The fourth-order valence-corrected chi connectivity index (χ4v) is 10.5. The van der Waals surface area contributed by atoms with Gasteiger partial charge in [-0.05, 0) is 68.0 Å². The minimum atomic E-state index is -4.70. The van der Waals surface area contributed by atoms with Crippen LogP contribution in [0.5, 0.6) is 5.75 Å². The normalized spacial score (nSPS) is 25.6. The van der Waals surface area contributed by atoms with E-state index in [1.54, 1.807) is 6.92 Å². The molecule has 0 amide bonds. The highest BCUT2D eigenvalue weighted by molar-refractivity contribution is 7.92. The summed E-state index contributed by atoms with van der Waals surface area (Å²) in [4.78, 5) is -0.462. The Morgan fingerprint density at radius 3 is 2.21 bits per heavy atom. The van der Waals surface area contributed by atoms with Gasteiger partial charge in [0.2, 0.25) is 10.0 Å². The average molecular weight is 594 g/mol. The summed E-state index contributed by atoms with van der Waals surface area (Å²) in [5.74, 6) is -4.08. The maximum absolute atomic E-state index is 15.5. The van der Waals surface area contributed by atoms with Gasteiger partial charge in [-0.25, -0.2) is 29.9 Å². The first-order valence-electron chi connectivity index (χ1n) is 12.8. The van der Waals surface area contributed by atoms with Gasteiger partial charge in [0.25, 0.3) is 0 Å². The Labute approximate surface area is 224 Å². The number of halogens is 5. The van der Waals surface area contributed by atoms with E-state index < -0.39 is 81.3 Å². The van der Waals surface area contributed by atoms with E-state index in [9.17, 15) is 34.4 Å². The second-order valence-corrected chi connectivity index (χ2v) is 14.8. The van der Waals surface area contributed by atoms with Crippen LogP contribution in [0.25, 0.3) is 0 Å². The molecule has 5 rings (SSSR count). The SMILES string of the molecule is CCN(C[C@@H]1CCC[C@@]2(S(=O)(=O)c3ccc(C(F)(F)F)cc3)c3c(F)ccc(F)c3OC[C@@H]12)S(=O)(=O)C1CC1. The van der Waals surface area contributed by atoms with Crippen LogP contribution in [0.1, 0.15) is 50.2 Å². The number of benzene rings is 2. The minimum absolute atomic E-state index is 0.0279. The molecule has 214 valence electrons. The Bertz CT molecular complexity index is 1470. The molecule has 6 nitrogen and oxygen atoms in total. The van der Waals surface area contributed by atoms with E-state index in [1.165, 1.54) is 4.31 Å². The van der Waals surface area contributed by atoms with Crippen LogP contribution in [-0.4, -0.2) is 46.1 Å². The number of nitrogens with zero attached hydrogens (tertiary/aromatic N) is 1. The van der Waals surface area contributed by atoms with Crippen molar-refractivity contribution in [2.75, 3.05) is 19.7 Å². The maximum atomic E-state index is 15.5. The predicted octanol–water partition coefficient (Wildman–Crippen LogP) is 5.28. The van der Waals surface area contributed by atoms with Crippen molar-refractivity contribution in [1.82, 2.24) is 4.31 Å². The van der Waals surface area contributed by atoms with Gasteiger partial charge in [-0.2, -0.15) is 13.2 Å². The van der Waals surface area contributed by atoms with Crippen LogP contribution in [0.15, 0.2) is 41.3 Å². The van der Waals surface area contributed by atoms with Gasteiger partial charge in [0.15, 0.2) is 21.4 Å². The van der Waals surface area contributed by atoms with Crippen molar-refractivity contribution in [3.05, 3.63) is 59.2 Å². The van der Waals surface area contributed by atoms with E-state index in [2.05, 4.69) is 0 Å². The molecule has 0 aromatic heterocycles. The molecule has 2 aliphatic carbocycles. The predicted molar refractivity (Wildman–Crippen MR) is 132 cm³/mol. The van der Waals surface area contributed by atoms with Crippen molar-refractivity contribution in [1.29, 1.82) is 0 Å². The standard InChI is InChI=1S/C26H28F5NO5S2/c1-2-32(39(35,36)19-9-10-19)14-16-4-3-13-25(20(16)15-37-24-22(28)12-11-21(27)23(24)25)38(33,34)18-7-5-17(6-8-18)26(29,30)31/h5-8,11-12,16,19-20H,2-4,9-10,13-15H2,1H3/t16-,20-,25-/m0/s1. The van der Waals surface area contributed by atoms with Crippen molar-refractivity contribution in [3.8, 4) is 5.75 Å². The molecular formula is C26H28F5NO5S2. The first-order valence-corrected chi connectivity index (χ1v) is 15.8. The molecule has 0 N–H and O–H groups in total. The molecule has 2 saturated carbocycles. The molecule has 0 bridgehead atoms. The second-order valence-electron chi connectivity index (χ2n) is 10.4. The van der Waals surface area contributed by atoms with Gasteiger partial charge in [-0.15, -0.1) is 0 Å². The Balaban J connectivity index is 1.66. The lowest BCUT2D eigenvalue weighted by Gasteiger charge is -2.51. The minimum Gasteiger partial charge on any atom is -0.490 e. The Morgan fingerprint density at radius 1 is 0.974 bits per heavy atom. The van der Waals surface area contributed by atoms with E-state index in [1.807, 2.05) is 0 Å². The number of fused-ring (bicyclic) bond motifs is 3. The third-order valence-corrected chi connectivity index (χ3v) is 13.3. The van der Waals surface area contributed by atoms with Crippen LogP contribution in [0.4, 0.5) is 22.0 Å². The van der Waals surface area contributed by atoms with Crippen LogP contribution >= 0.6 is 0 Å². The van der Waals surface area contributed by atoms with E-state index in [0.717, 1.165) is 24.3 Å². The lowest BCUT2D eigenvalue weighted by molar-refractivity contribution is -0.137. The zero-order valence-corrected chi connectivity index (χ0v) is 22.7. The Kier molecular flexibility index (Phi) is 7.03. The van der Waals surface area contributed by atoms with Crippen molar-refractivity contribution < 1.29 is 43.5 Å². The summed E-state index contributed by atoms with van der Waals surface area (Å²) in [5, 5.41) is -0.489. The molecule has 3 atom stereocenters. The van der Waals surface area contributed by atoms with Gasteiger partial charge in [0, 0.05) is 19.0 Å². The van der Waals surface area contributed by atoms with E-state index in [-0.39, 0.29) is 32.5 Å². The summed E-state index contributed by atoms with van der Waals surface area (Å²) in [5.41, 5.74) is -1.54. The summed E-state index contributed by atoms with van der Waals surface area (Å²) in [6.45, 7) is 1.48. The van der Waals surface area contributed by atoms with Crippen molar-refractivity contribution >= 4 is 19.9 Å². The fraction of sp³-hybridized carbons (Fsp3) is 0.538. The van der Waals surface area contributed by atoms with Crippen molar-refractivity contribution in [2.45, 2.75) is 60.1 Å². The number of sulfonamides is 1. The van der Waals surface area contributed by atoms with Crippen molar-refractivity contribution in [3.63, 3.8) is 0 Å². The van der Waals surface area contributed by atoms with Crippen LogP contribution in [0, 0.1) is 23.5 Å². The molecule has 39 heavy (non-hydrogen) atoms. The van der Waals surface area contributed by atoms with Gasteiger partial charge in [-0.3, -0.25) is 0 Å². The average Bonchev–Trinajstić information content (AvgIpc) is 3.74. The molecule has 2 fully saturated rings. The third kappa shape index (κ3) is 4.54. The number of hydrogen-bond acceptors (Lipinski definition) is 5. The summed E-state index contributed by atoms with van der Waals surface area (Å²) in [7, 11) is -8.25. The molecule has 13 heteroatoms. The smallest absolute Gasteiger partial charge is 0.416 e. The largest absolute Gasteiger partial charge is 0.490 e. The molecule has 2 aromatic carbocycles. The second kappa shape index (κ2) is 9.69. The first kappa shape index (κ1) is 28.3. The zero-order valence-electron chi connectivity index (χ0n) is 21.0. The molecular weight excluding hydrogens is 565 g/mol. The van der Waals surface area contributed by atoms with Crippen LogP contribution in [-0.2, 0) is 30.8 Å². The molecule has 0 saturated heterocycles. The van der Waals surface area contributed by atoms with Gasteiger partial charge in [0.05, 0.1) is 27.9 Å². The van der Waals surface area contributed by atoms with Gasteiger partial charge in [0.1, 0.15) is 10.6 Å². The molecule has 1 aliphatic heterocycles. The molecule has 1 heterocycles. The highest BCUT2D eigenvalue weighted by Crippen LogP contribution is 2.58. The van der Waals surface area contributed by atoms with Crippen molar-refractivity contribution in [2.24, 2.45) is 11.8 Å². The Hall–Kier alpha value is -2.25. The number of rotatable bonds is 7. The monoisotopic (exact) mass is 593 g/mol. The van der Waals surface area contributed by atoms with Gasteiger partial charge < -0.3 is 4.74 Å². The maximum Gasteiger partial charge on any atom is 0.416 e. The Morgan fingerprint density at radius 2 is 1.62 bits per heavy atom. The van der Waals surface area contributed by atoms with Crippen LogP contribution < -0.4 is 4.74 Å². The zero-order chi connectivity index (χ0) is 28.4. The molecule has 2 aromatic rings. The van der Waals surface area contributed by atoms with Crippen LogP contribution in [0.2, 0.25) is 0 Å². The number of alkyl halides is 3. The first-order chi connectivity index (χ1) is 18.2. The summed E-state index contributed by atoms with van der Waals surface area (Å²) >= 11 is 0. The number of ether oxygens (including phenoxy) is 1. The molecule has 0 unspecified atom stereocenters. The molecule has 0 radical (unpaired) electrons. The molecule has 3 aliphatic rings. The van der Waals surface area contributed by atoms with Gasteiger partial charge in [-0.1, -0.05) is 13.3 Å². The number of hydrogen-bond donors (Lipinski definition) is 0. The summed E-state index contributed by atoms with van der Waals surface area (Å²) < 4.78 is 130. The van der Waals surface area contributed by atoms with Gasteiger partial charge >= 0.3 is 6.18 Å². The quantitative estimate of drug-likeness (QED) is 0.409. The highest BCUT2D eigenvalue weighted by atomic mass is 32.2. The molecule has 0 spiro atoms. The number of sulfone groups is 1. The highest BCUT2D eigenvalue weighted by Gasteiger charge is 2.61. The summed E-state index contributed by atoms with van der Waals surface area (Å²) in [6.07, 6.45) is -3.08. The fourth-order valence-electron chi connectivity index (χ4n) is 6.19. The van der Waals surface area contributed by atoms with Crippen LogP contribution in [0.3, 0.4) is 0 Å². The lowest BCUT2D eigenvalue weighted by atomic mass is 9.67.